The summed E-state index contributed by atoms with van der Waals surface area (Å²) in [6.45, 7) is 8.30. The van der Waals surface area contributed by atoms with Crippen LogP contribution < -0.4 is 0 Å². The van der Waals surface area contributed by atoms with Gasteiger partial charge < -0.3 is 35.0 Å². The standard InChI is InChI=1S/C25H31NO9/c1-9-8-24(5)21(31)11(3)22(32)26(24)15-7-13(27)6-14-20(10(2)16(9)25(14,15)33)35-23-19(30)18(29)17(28)12(4)34-23/h6-8,10,12,16-20,23,28-31,33H,1-5H3/t10-,12-,16-,17-,18+,19+,20+,23-,24+,25+/m1/s1. The maximum Gasteiger partial charge on any atom is 0.258 e. The van der Waals surface area contributed by atoms with E-state index in [4.69, 9.17) is 9.47 Å². The largest absolute Gasteiger partial charge is 0.509 e. The Morgan fingerprint density at radius 2 is 1.71 bits per heavy atom. The highest BCUT2D eigenvalue weighted by Crippen LogP contribution is 2.59. The molecule has 2 fully saturated rings. The van der Waals surface area contributed by atoms with Gasteiger partial charge in [0.2, 0.25) is 0 Å². The number of fused-ring (bicyclic) bond motifs is 2. The summed E-state index contributed by atoms with van der Waals surface area (Å²) in [4.78, 5) is 27.4. The van der Waals surface area contributed by atoms with Crippen molar-refractivity contribution in [1.82, 2.24) is 4.90 Å². The van der Waals surface area contributed by atoms with Crippen molar-refractivity contribution in [1.29, 1.82) is 0 Å². The molecule has 1 saturated carbocycles. The van der Waals surface area contributed by atoms with Gasteiger partial charge in [0.25, 0.3) is 5.91 Å². The van der Waals surface area contributed by atoms with Crippen molar-refractivity contribution in [2.45, 2.75) is 82.6 Å². The van der Waals surface area contributed by atoms with Crippen LogP contribution >= 0.6 is 0 Å². The summed E-state index contributed by atoms with van der Waals surface area (Å²) in [6.07, 6.45) is -3.24. The first kappa shape index (κ1) is 24.4. The summed E-state index contributed by atoms with van der Waals surface area (Å²) < 4.78 is 11.7. The van der Waals surface area contributed by atoms with Crippen molar-refractivity contribution >= 4 is 11.7 Å². The Kier molecular flexibility index (Phi) is 5.28. The summed E-state index contributed by atoms with van der Waals surface area (Å²) in [7, 11) is 0. The molecule has 190 valence electrons. The molecule has 0 aromatic rings. The number of nitrogens with zero attached hydrogens (tertiary/aromatic N) is 1. The summed E-state index contributed by atoms with van der Waals surface area (Å²) >= 11 is 0. The van der Waals surface area contributed by atoms with Crippen LogP contribution in [0.25, 0.3) is 0 Å². The zero-order valence-corrected chi connectivity index (χ0v) is 20.2. The average Bonchev–Trinajstić information content (AvgIpc) is 3.06. The molecule has 3 aliphatic heterocycles. The number of aliphatic hydroxyl groups is 5. The Morgan fingerprint density at radius 1 is 1.06 bits per heavy atom. The van der Waals surface area contributed by atoms with Gasteiger partial charge in [0, 0.05) is 17.6 Å². The topological polar surface area (TPSA) is 157 Å². The van der Waals surface area contributed by atoms with E-state index in [1.54, 1.807) is 19.9 Å². The average molecular weight is 490 g/mol. The zero-order chi connectivity index (χ0) is 25.8. The summed E-state index contributed by atoms with van der Waals surface area (Å²) in [5.41, 5.74) is -2.00. The molecular weight excluding hydrogens is 458 g/mol. The van der Waals surface area contributed by atoms with Crippen LogP contribution in [0.4, 0.5) is 0 Å². The van der Waals surface area contributed by atoms with Gasteiger partial charge >= 0.3 is 0 Å². The predicted molar refractivity (Wildman–Crippen MR) is 120 cm³/mol. The van der Waals surface area contributed by atoms with Gasteiger partial charge in [0.05, 0.1) is 23.5 Å². The molecule has 10 heteroatoms. The second kappa shape index (κ2) is 7.58. The van der Waals surface area contributed by atoms with E-state index in [9.17, 15) is 35.1 Å². The molecule has 5 aliphatic rings. The molecule has 3 heterocycles. The van der Waals surface area contributed by atoms with Gasteiger partial charge in [-0.3, -0.25) is 14.5 Å². The smallest absolute Gasteiger partial charge is 0.258 e. The Bertz CT molecular complexity index is 1140. The molecular formula is C25H31NO9. The highest BCUT2D eigenvalue weighted by atomic mass is 16.7. The molecule has 10 nitrogen and oxygen atoms in total. The van der Waals surface area contributed by atoms with Crippen LogP contribution in [0.1, 0.15) is 34.6 Å². The minimum absolute atomic E-state index is 0.0564. The molecule has 0 aromatic carbocycles. The van der Waals surface area contributed by atoms with Crippen molar-refractivity contribution < 1.29 is 44.6 Å². The molecule has 5 rings (SSSR count). The lowest BCUT2D eigenvalue weighted by atomic mass is 9.76. The number of aliphatic hydroxyl groups excluding tert-OH is 4. The molecule has 10 atom stereocenters. The van der Waals surface area contributed by atoms with Crippen LogP contribution in [0.2, 0.25) is 0 Å². The van der Waals surface area contributed by atoms with E-state index in [1.165, 1.54) is 30.9 Å². The molecule has 0 spiro atoms. The molecule has 0 radical (unpaired) electrons. The van der Waals surface area contributed by atoms with Crippen LogP contribution in [0.3, 0.4) is 0 Å². The number of hydrogen-bond acceptors (Lipinski definition) is 9. The number of carbonyl (C=O) groups is 2. The van der Waals surface area contributed by atoms with Crippen LogP contribution in [0, 0.1) is 11.8 Å². The first-order valence-electron chi connectivity index (χ1n) is 11.7. The van der Waals surface area contributed by atoms with Gasteiger partial charge in [-0.05, 0) is 39.7 Å². The third-order valence-corrected chi connectivity index (χ3v) is 8.32. The minimum Gasteiger partial charge on any atom is -0.509 e. The summed E-state index contributed by atoms with van der Waals surface area (Å²) in [5.74, 6) is -2.21. The third kappa shape index (κ3) is 2.98. The van der Waals surface area contributed by atoms with Crippen molar-refractivity contribution in [2.24, 2.45) is 11.8 Å². The van der Waals surface area contributed by atoms with Crippen molar-refractivity contribution in [3.63, 3.8) is 0 Å². The van der Waals surface area contributed by atoms with Crippen molar-refractivity contribution in [2.75, 3.05) is 0 Å². The molecule has 1 saturated heterocycles. The maximum atomic E-state index is 13.2. The second-order valence-electron chi connectivity index (χ2n) is 10.5. The lowest BCUT2D eigenvalue weighted by Gasteiger charge is -2.42. The molecule has 5 N–H and O–H groups in total. The van der Waals surface area contributed by atoms with Crippen LogP contribution in [0.15, 0.2) is 46.4 Å². The Morgan fingerprint density at radius 3 is 2.37 bits per heavy atom. The second-order valence-corrected chi connectivity index (χ2v) is 10.5. The van der Waals surface area contributed by atoms with Gasteiger partial charge in [-0.2, -0.15) is 0 Å². The third-order valence-electron chi connectivity index (χ3n) is 8.32. The summed E-state index contributed by atoms with van der Waals surface area (Å²) in [5, 5.41) is 53.9. The van der Waals surface area contributed by atoms with Crippen LogP contribution in [-0.2, 0) is 19.1 Å². The minimum atomic E-state index is -1.81. The van der Waals surface area contributed by atoms with E-state index in [0.717, 1.165) is 0 Å². The Balaban J connectivity index is 1.61. The number of allylic oxidation sites excluding steroid dienone is 2. The predicted octanol–water partition coefficient (Wildman–Crippen LogP) is -0.0181. The van der Waals surface area contributed by atoms with E-state index in [-0.39, 0.29) is 22.6 Å². The van der Waals surface area contributed by atoms with Gasteiger partial charge in [-0.25, -0.2) is 0 Å². The van der Waals surface area contributed by atoms with E-state index >= 15 is 0 Å². The first-order chi connectivity index (χ1) is 16.2. The van der Waals surface area contributed by atoms with Crippen molar-refractivity contribution in [3.05, 3.63) is 46.4 Å². The maximum absolute atomic E-state index is 13.2. The number of rotatable bonds is 2. The van der Waals surface area contributed by atoms with Gasteiger partial charge in [-0.1, -0.05) is 18.6 Å². The fourth-order valence-electron chi connectivity index (χ4n) is 6.61. The van der Waals surface area contributed by atoms with E-state index in [1.807, 2.05) is 6.92 Å². The molecule has 0 unspecified atom stereocenters. The number of amides is 1. The zero-order valence-electron chi connectivity index (χ0n) is 20.2. The van der Waals surface area contributed by atoms with Crippen LogP contribution in [-0.4, -0.2) is 90.1 Å². The lowest BCUT2D eigenvalue weighted by Crippen LogP contribution is -2.58. The highest BCUT2D eigenvalue weighted by molar-refractivity contribution is 6.05. The van der Waals surface area contributed by atoms with Crippen molar-refractivity contribution in [3.8, 4) is 0 Å². The number of hydrogen-bond donors (Lipinski definition) is 5. The van der Waals surface area contributed by atoms with E-state index < -0.39 is 71.5 Å². The highest BCUT2D eigenvalue weighted by Gasteiger charge is 2.66. The molecule has 0 aromatic heterocycles. The number of ketones is 1. The normalized spacial score (nSPS) is 47.2. The van der Waals surface area contributed by atoms with Crippen LogP contribution in [0.5, 0.6) is 0 Å². The molecule has 1 amide bonds. The lowest BCUT2D eigenvalue weighted by molar-refractivity contribution is -0.303. The quantitative estimate of drug-likeness (QED) is 0.336. The Labute approximate surface area is 202 Å². The fraction of sp³-hybridized carbons (Fsp3) is 0.600. The Hall–Kier alpha value is -2.34. The summed E-state index contributed by atoms with van der Waals surface area (Å²) in [6, 6.07) is 0. The van der Waals surface area contributed by atoms with E-state index in [0.29, 0.717) is 5.57 Å². The molecule has 35 heavy (non-hydrogen) atoms. The fourth-order valence-corrected chi connectivity index (χ4v) is 6.61. The SMILES string of the molecule is CC1=C[C@@]2(C)C(O)=C(C)C(=O)N2C2=CC(=O)C=C3[C@@H](O[C@H]4O[C@H](C)[C@@H](O)[C@H](O)[C@@H]4O)[C@H](C)[C@@H]1[C@]32O. The number of carbonyl (C=O) groups excluding carboxylic acids is 2. The van der Waals surface area contributed by atoms with Gasteiger partial charge in [0.15, 0.2) is 12.1 Å². The molecule has 2 aliphatic carbocycles. The van der Waals surface area contributed by atoms with Gasteiger partial charge in [0.1, 0.15) is 35.2 Å². The first-order valence-corrected chi connectivity index (χ1v) is 11.7. The molecule has 0 bridgehead atoms. The number of ether oxygens (including phenoxy) is 2. The monoisotopic (exact) mass is 489 g/mol. The van der Waals surface area contributed by atoms with Gasteiger partial charge in [-0.15, -0.1) is 0 Å². The van der Waals surface area contributed by atoms with E-state index in [2.05, 4.69) is 0 Å².